The number of hydrogen-bond acceptors (Lipinski definition) is 3. The second-order valence-corrected chi connectivity index (χ2v) is 4.58. The maximum Gasteiger partial charge on any atom is 0.196 e. The molecule has 1 aromatic heterocycles. The SMILES string of the molecule is CCC(C)CNC(=S)n1nnc2ccccc21. The molecule has 0 aliphatic heterocycles. The topological polar surface area (TPSA) is 42.7 Å². The highest BCUT2D eigenvalue weighted by molar-refractivity contribution is 7.80. The van der Waals surface area contributed by atoms with Gasteiger partial charge in [0, 0.05) is 6.54 Å². The molecule has 0 radical (unpaired) electrons. The highest BCUT2D eigenvalue weighted by Crippen LogP contribution is 2.09. The van der Waals surface area contributed by atoms with Crippen molar-refractivity contribution in [2.75, 3.05) is 6.54 Å². The van der Waals surface area contributed by atoms with Crippen LogP contribution in [0.25, 0.3) is 11.0 Å². The van der Waals surface area contributed by atoms with E-state index in [9.17, 15) is 0 Å². The predicted molar refractivity (Wildman–Crippen MR) is 73.0 cm³/mol. The molecule has 1 N–H and O–H groups in total. The van der Waals surface area contributed by atoms with E-state index in [1.807, 2.05) is 24.3 Å². The van der Waals surface area contributed by atoms with Gasteiger partial charge in [0.05, 0.1) is 5.52 Å². The Morgan fingerprint density at radius 3 is 3.00 bits per heavy atom. The number of fused-ring (bicyclic) bond motifs is 1. The zero-order chi connectivity index (χ0) is 12.3. The van der Waals surface area contributed by atoms with Gasteiger partial charge in [0.25, 0.3) is 0 Å². The van der Waals surface area contributed by atoms with Crippen LogP contribution in [0.4, 0.5) is 0 Å². The number of hydrogen-bond donors (Lipinski definition) is 1. The lowest BCUT2D eigenvalue weighted by atomic mass is 10.1. The number of nitrogens with one attached hydrogen (secondary N) is 1. The third-order valence-electron chi connectivity index (χ3n) is 2.84. The average Bonchev–Trinajstić information content (AvgIpc) is 2.79. The van der Waals surface area contributed by atoms with E-state index in [0.29, 0.717) is 11.0 Å². The minimum absolute atomic E-state index is 0.600. The van der Waals surface area contributed by atoms with Crippen molar-refractivity contribution in [2.45, 2.75) is 20.3 Å². The number of nitrogens with zero attached hydrogens (tertiary/aromatic N) is 3. The zero-order valence-electron chi connectivity index (χ0n) is 10.1. The van der Waals surface area contributed by atoms with E-state index in [4.69, 9.17) is 12.2 Å². The molecule has 2 aromatic rings. The number of aromatic nitrogens is 3. The van der Waals surface area contributed by atoms with Gasteiger partial charge in [-0.3, -0.25) is 0 Å². The highest BCUT2D eigenvalue weighted by atomic mass is 32.1. The fraction of sp³-hybridized carbons (Fsp3) is 0.417. The van der Waals surface area contributed by atoms with Crippen LogP contribution < -0.4 is 5.32 Å². The van der Waals surface area contributed by atoms with E-state index in [0.717, 1.165) is 24.0 Å². The van der Waals surface area contributed by atoms with Gasteiger partial charge in [-0.25, -0.2) is 0 Å². The molecule has 0 spiro atoms. The van der Waals surface area contributed by atoms with Crippen LogP contribution >= 0.6 is 12.2 Å². The summed E-state index contributed by atoms with van der Waals surface area (Å²) in [5.74, 6) is 0.600. The van der Waals surface area contributed by atoms with Gasteiger partial charge in [0.15, 0.2) is 5.11 Å². The zero-order valence-corrected chi connectivity index (χ0v) is 10.9. The molecule has 0 aliphatic carbocycles. The lowest BCUT2D eigenvalue weighted by Crippen LogP contribution is -2.32. The normalized spacial score (nSPS) is 12.6. The summed E-state index contributed by atoms with van der Waals surface area (Å²) in [6.45, 7) is 5.22. The third-order valence-corrected chi connectivity index (χ3v) is 3.16. The van der Waals surface area contributed by atoms with Crippen molar-refractivity contribution in [1.82, 2.24) is 20.3 Å². The molecule has 0 amide bonds. The number of thiocarbonyl (C=S) groups is 1. The van der Waals surface area contributed by atoms with Crippen LogP contribution in [-0.4, -0.2) is 26.7 Å². The molecule has 0 fully saturated rings. The van der Waals surface area contributed by atoms with Gasteiger partial charge in [-0.15, -0.1) is 5.10 Å². The first-order valence-electron chi connectivity index (χ1n) is 5.81. The second kappa shape index (κ2) is 5.23. The van der Waals surface area contributed by atoms with Crippen molar-refractivity contribution in [3.8, 4) is 0 Å². The molecule has 1 atom stereocenters. The van der Waals surface area contributed by atoms with Crippen LogP contribution in [-0.2, 0) is 0 Å². The van der Waals surface area contributed by atoms with Crippen molar-refractivity contribution < 1.29 is 0 Å². The fourth-order valence-electron chi connectivity index (χ4n) is 1.50. The summed E-state index contributed by atoms with van der Waals surface area (Å²) < 4.78 is 1.67. The van der Waals surface area contributed by atoms with Gasteiger partial charge in [-0.05, 0) is 30.3 Å². The molecule has 0 saturated carbocycles. The van der Waals surface area contributed by atoms with Gasteiger partial charge in [-0.1, -0.05) is 37.6 Å². The average molecular weight is 248 g/mol. The van der Waals surface area contributed by atoms with Crippen molar-refractivity contribution in [3.63, 3.8) is 0 Å². The Bertz CT molecular complexity index is 520. The first kappa shape index (κ1) is 12.0. The first-order chi connectivity index (χ1) is 8.22. The first-order valence-corrected chi connectivity index (χ1v) is 6.22. The molecule has 0 saturated heterocycles. The van der Waals surface area contributed by atoms with Crippen LogP contribution in [0.3, 0.4) is 0 Å². The van der Waals surface area contributed by atoms with Gasteiger partial charge >= 0.3 is 0 Å². The Hall–Kier alpha value is -1.49. The summed E-state index contributed by atoms with van der Waals surface area (Å²) in [6, 6.07) is 7.79. The van der Waals surface area contributed by atoms with E-state index < -0.39 is 0 Å². The molecule has 1 unspecified atom stereocenters. The largest absolute Gasteiger partial charge is 0.361 e. The van der Waals surface area contributed by atoms with Gasteiger partial charge < -0.3 is 5.32 Å². The van der Waals surface area contributed by atoms with E-state index in [2.05, 4.69) is 29.5 Å². The second-order valence-electron chi connectivity index (χ2n) is 4.19. The minimum Gasteiger partial charge on any atom is -0.361 e. The molecular weight excluding hydrogens is 232 g/mol. The Morgan fingerprint density at radius 1 is 1.47 bits per heavy atom. The number of benzene rings is 1. The molecule has 2 rings (SSSR count). The Kier molecular flexibility index (Phi) is 3.68. The Morgan fingerprint density at radius 2 is 2.24 bits per heavy atom. The smallest absolute Gasteiger partial charge is 0.196 e. The molecular formula is C12H16N4S. The molecule has 4 nitrogen and oxygen atoms in total. The Balaban J connectivity index is 2.14. The van der Waals surface area contributed by atoms with E-state index in [1.165, 1.54) is 0 Å². The standard InChI is InChI=1S/C12H16N4S/c1-3-9(2)8-13-12(17)16-11-7-5-4-6-10(11)14-15-16/h4-7,9H,3,8H2,1-2H3,(H,13,17). The van der Waals surface area contributed by atoms with Crippen molar-refractivity contribution in [3.05, 3.63) is 24.3 Å². The van der Waals surface area contributed by atoms with Gasteiger partial charge in [0.2, 0.25) is 0 Å². The van der Waals surface area contributed by atoms with Crippen molar-refractivity contribution in [1.29, 1.82) is 0 Å². The monoisotopic (exact) mass is 248 g/mol. The summed E-state index contributed by atoms with van der Waals surface area (Å²) in [7, 11) is 0. The van der Waals surface area contributed by atoms with Crippen LogP contribution in [0.2, 0.25) is 0 Å². The Labute approximate surface area is 106 Å². The minimum atomic E-state index is 0.600. The van der Waals surface area contributed by atoms with Crippen LogP contribution in [0.5, 0.6) is 0 Å². The number of rotatable bonds is 3. The van der Waals surface area contributed by atoms with Crippen molar-refractivity contribution >= 4 is 28.4 Å². The van der Waals surface area contributed by atoms with Gasteiger partial charge in [-0.2, -0.15) is 4.68 Å². The van der Waals surface area contributed by atoms with E-state index in [-0.39, 0.29) is 0 Å². The molecule has 90 valence electrons. The summed E-state index contributed by atoms with van der Waals surface area (Å²) in [6.07, 6.45) is 1.13. The third kappa shape index (κ3) is 2.61. The molecule has 5 heteroatoms. The van der Waals surface area contributed by atoms with Crippen LogP contribution in [0.1, 0.15) is 20.3 Å². The summed E-state index contributed by atoms with van der Waals surface area (Å²) in [4.78, 5) is 0. The lowest BCUT2D eigenvalue weighted by Gasteiger charge is -2.11. The predicted octanol–water partition coefficient (Wildman–Crippen LogP) is 2.20. The van der Waals surface area contributed by atoms with Crippen LogP contribution in [0.15, 0.2) is 24.3 Å². The van der Waals surface area contributed by atoms with Gasteiger partial charge in [0.1, 0.15) is 5.52 Å². The lowest BCUT2D eigenvalue weighted by molar-refractivity contribution is 0.546. The summed E-state index contributed by atoms with van der Waals surface area (Å²) >= 11 is 5.32. The maximum absolute atomic E-state index is 5.32. The van der Waals surface area contributed by atoms with E-state index in [1.54, 1.807) is 4.68 Å². The quantitative estimate of drug-likeness (QED) is 0.846. The van der Waals surface area contributed by atoms with Crippen LogP contribution in [0, 0.1) is 5.92 Å². The molecule has 1 heterocycles. The fourth-order valence-corrected chi connectivity index (χ4v) is 1.72. The number of para-hydroxylation sites is 1. The summed E-state index contributed by atoms with van der Waals surface area (Å²) in [5, 5.41) is 12.0. The highest BCUT2D eigenvalue weighted by Gasteiger charge is 2.08. The molecule has 17 heavy (non-hydrogen) atoms. The summed E-state index contributed by atoms with van der Waals surface area (Å²) in [5.41, 5.74) is 1.80. The maximum atomic E-state index is 5.32. The van der Waals surface area contributed by atoms with Crippen molar-refractivity contribution in [2.24, 2.45) is 5.92 Å². The molecule has 1 aromatic carbocycles. The van der Waals surface area contributed by atoms with E-state index >= 15 is 0 Å². The molecule has 0 bridgehead atoms. The molecule has 0 aliphatic rings.